The number of benzene rings is 3. The standard InChI is InChI=1S/C28H27Cl2NO3/c1-2-3-16-31-19-26(28(32)20-5-9-22(10-6-20)33-17-4-15-29)25-18-24(13-14-27(25)31)34-23-11-7-21(30)8-12-23/h5-14,18-19H,2-4,15-17H2,1H3. The van der Waals surface area contributed by atoms with Crippen molar-refractivity contribution >= 4 is 39.9 Å². The van der Waals surface area contributed by atoms with Crippen molar-refractivity contribution in [1.82, 2.24) is 4.57 Å². The number of rotatable bonds is 11. The number of aryl methyl sites for hydroxylation is 1. The van der Waals surface area contributed by atoms with E-state index in [2.05, 4.69) is 11.5 Å². The third-order valence-electron chi connectivity index (χ3n) is 5.56. The highest BCUT2D eigenvalue weighted by Gasteiger charge is 2.18. The number of carbonyl (C=O) groups excluding carboxylic acids is 1. The highest BCUT2D eigenvalue weighted by Crippen LogP contribution is 2.31. The molecule has 0 N–H and O–H groups in total. The minimum Gasteiger partial charge on any atom is -0.494 e. The van der Waals surface area contributed by atoms with Gasteiger partial charge in [0, 0.05) is 45.7 Å². The highest BCUT2D eigenvalue weighted by atomic mass is 35.5. The van der Waals surface area contributed by atoms with E-state index >= 15 is 0 Å². The first-order chi connectivity index (χ1) is 16.6. The first kappa shape index (κ1) is 24.2. The Balaban J connectivity index is 1.65. The molecule has 1 aromatic heterocycles. The Kier molecular flexibility index (Phi) is 8.15. The van der Waals surface area contributed by atoms with Gasteiger partial charge in [0.25, 0.3) is 0 Å². The molecular formula is C28H27Cl2NO3. The van der Waals surface area contributed by atoms with Crippen LogP contribution in [0.4, 0.5) is 0 Å². The molecule has 6 heteroatoms. The molecular weight excluding hydrogens is 469 g/mol. The second kappa shape index (κ2) is 11.5. The predicted octanol–water partition coefficient (Wildman–Crippen LogP) is 8.13. The lowest BCUT2D eigenvalue weighted by Gasteiger charge is -2.08. The van der Waals surface area contributed by atoms with Crippen molar-refractivity contribution in [3.63, 3.8) is 0 Å². The number of nitrogens with zero attached hydrogens (tertiary/aromatic N) is 1. The minimum absolute atomic E-state index is 0.0313. The minimum atomic E-state index is -0.0313. The van der Waals surface area contributed by atoms with Gasteiger partial charge in [0.2, 0.25) is 0 Å². The van der Waals surface area contributed by atoms with E-state index in [9.17, 15) is 4.79 Å². The molecule has 0 aliphatic carbocycles. The van der Waals surface area contributed by atoms with Crippen LogP contribution < -0.4 is 9.47 Å². The van der Waals surface area contributed by atoms with Crippen LogP contribution in [0.3, 0.4) is 0 Å². The number of carbonyl (C=O) groups is 1. The van der Waals surface area contributed by atoms with E-state index in [-0.39, 0.29) is 5.78 Å². The Bertz CT molecular complexity index is 1250. The number of ketones is 1. The van der Waals surface area contributed by atoms with Crippen LogP contribution in [0.25, 0.3) is 10.9 Å². The first-order valence-electron chi connectivity index (χ1n) is 11.5. The van der Waals surface area contributed by atoms with Crippen LogP contribution in [0.15, 0.2) is 72.9 Å². The van der Waals surface area contributed by atoms with Crippen molar-refractivity contribution in [1.29, 1.82) is 0 Å². The number of alkyl halides is 1. The maximum atomic E-state index is 13.5. The lowest BCUT2D eigenvalue weighted by Crippen LogP contribution is -2.02. The maximum absolute atomic E-state index is 13.5. The summed E-state index contributed by atoms with van der Waals surface area (Å²) in [5, 5.41) is 1.52. The van der Waals surface area contributed by atoms with Crippen LogP contribution in [0.2, 0.25) is 5.02 Å². The normalized spacial score (nSPS) is 11.0. The summed E-state index contributed by atoms with van der Waals surface area (Å²) in [7, 11) is 0. The molecule has 0 radical (unpaired) electrons. The van der Waals surface area contributed by atoms with Gasteiger partial charge in [-0.05, 0) is 79.6 Å². The molecule has 0 spiro atoms. The topological polar surface area (TPSA) is 40.5 Å². The van der Waals surface area contributed by atoms with Crippen molar-refractivity contribution in [3.8, 4) is 17.2 Å². The van der Waals surface area contributed by atoms with Crippen LogP contribution in [0.5, 0.6) is 17.2 Å². The van der Waals surface area contributed by atoms with Gasteiger partial charge in [-0.2, -0.15) is 0 Å². The van der Waals surface area contributed by atoms with E-state index in [1.54, 1.807) is 12.1 Å². The molecule has 4 rings (SSSR count). The van der Waals surface area contributed by atoms with Crippen molar-refractivity contribution in [2.24, 2.45) is 0 Å². The van der Waals surface area contributed by atoms with Gasteiger partial charge in [0.15, 0.2) is 5.78 Å². The van der Waals surface area contributed by atoms with E-state index in [0.29, 0.717) is 40.1 Å². The molecule has 0 saturated carbocycles. The Morgan fingerprint density at radius 2 is 1.62 bits per heavy atom. The lowest BCUT2D eigenvalue weighted by molar-refractivity contribution is 0.104. The van der Waals surface area contributed by atoms with Crippen molar-refractivity contribution in [2.75, 3.05) is 12.5 Å². The van der Waals surface area contributed by atoms with Gasteiger partial charge in [-0.15, -0.1) is 11.6 Å². The summed E-state index contributed by atoms with van der Waals surface area (Å²) >= 11 is 11.7. The van der Waals surface area contributed by atoms with E-state index in [1.807, 2.05) is 60.8 Å². The molecule has 0 unspecified atom stereocenters. The average molecular weight is 496 g/mol. The summed E-state index contributed by atoms with van der Waals surface area (Å²) in [4.78, 5) is 13.5. The number of fused-ring (bicyclic) bond motifs is 1. The summed E-state index contributed by atoms with van der Waals surface area (Å²) in [6.07, 6.45) is 4.85. The fourth-order valence-electron chi connectivity index (χ4n) is 3.78. The van der Waals surface area contributed by atoms with Crippen molar-refractivity contribution < 1.29 is 14.3 Å². The van der Waals surface area contributed by atoms with Crippen LogP contribution in [0, 0.1) is 0 Å². The molecule has 0 bridgehead atoms. The van der Waals surface area contributed by atoms with Gasteiger partial charge >= 0.3 is 0 Å². The van der Waals surface area contributed by atoms with Crippen molar-refractivity contribution in [2.45, 2.75) is 32.7 Å². The second-order valence-corrected chi connectivity index (χ2v) is 8.88. The number of aromatic nitrogens is 1. The SMILES string of the molecule is CCCCn1cc(C(=O)c2ccc(OCCCCl)cc2)c2cc(Oc3ccc(Cl)cc3)ccc21. The smallest absolute Gasteiger partial charge is 0.195 e. The third-order valence-corrected chi connectivity index (χ3v) is 6.08. The summed E-state index contributed by atoms with van der Waals surface area (Å²) in [6.45, 7) is 3.57. The zero-order chi connectivity index (χ0) is 23.9. The molecule has 34 heavy (non-hydrogen) atoms. The summed E-state index contributed by atoms with van der Waals surface area (Å²) in [5.41, 5.74) is 2.29. The van der Waals surface area contributed by atoms with Gasteiger partial charge in [0.05, 0.1) is 6.61 Å². The van der Waals surface area contributed by atoms with Crippen LogP contribution in [-0.4, -0.2) is 22.8 Å². The van der Waals surface area contributed by atoms with Crippen LogP contribution in [0.1, 0.15) is 42.1 Å². The number of unbranched alkanes of at least 4 members (excludes halogenated alkanes) is 1. The molecule has 0 aliphatic rings. The average Bonchev–Trinajstić information content (AvgIpc) is 3.22. The van der Waals surface area contributed by atoms with Crippen molar-refractivity contribution in [3.05, 3.63) is 89.1 Å². The molecule has 4 nitrogen and oxygen atoms in total. The van der Waals surface area contributed by atoms with Crippen LogP contribution in [-0.2, 0) is 6.54 Å². The molecule has 176 valence electrons. The number of hydrogen-bond acceptors (Lipinski definition) is 3. The molecule has 0 fully saturated rings. The fraction of sp³-hybridized carbons (Fsp3) is 0.250. The number of hydrogen-bond donors (Lipinski definition) is 0. The second-order valence-electron chi connectivity index (χ2n) is 8.07. The van der Waals surface area contributed by atoms with E-state index in [4.69, 9.17) is 32.7 Å². The summed E-state index contributed by atoms with van der Waals surface area (Å²) < 4.78 is 13.8. The first-order valence-corrected chi connectivity index (χ1v) is 12.4. The number of ether oxygens (including phenoxy) is 2. The summed E-state index contributed by atoms with van der Waals surface area (Å²) in [5.74, 6) is 2.61. The Labute approximate surface area is 210 Å². The van der Waals surface area contributed by atoms with E-state index in [1.165, 1.54) is 0 Å². The Morgan fingerprint density at radius 3 is 2.32 bits per heavy atom. The predicted molar refractivity (Wildman–Crippen MR) is 139 cm³/mol. The Hall–Kier alpha value is -2.95. The highest BCUT2D eigenvalue weighted by molar-refractivity contribution is 6.30. The van der Waals surface area contributed by atoms with Gasteiger partial charge in [-0.3, -0.25) is 4.79 Å². The largest absolute Gasteiger partial charge is 0.494 e. The number of halogens is 2. The quantitative estimate of drug-likeness (QED) is 0.120. The fourth-order valence-corrected chi connectivity index (χ4v) is 4.01. The lowest BCUT2D eigenvalue weighted by atomic mass is 10.0. The van der Waals surface area contributed by atoms with Gasteiger partial charge in [-0.25, -0.2) is 0 Å². The Morgan fingerprint density at radius 1 is 0.912 bits per heavy atom. The van der Waals surface area contributed by atoms with Gasteiger partial charge < -0.3 is 14.0 Å². The molecule has 3 aromatic carbocycles. The maximum Gasteiger partial charge on any atom is 0.195 e. The molecule has 0 amide bonds. The zero-order valence-electron chi connectivity index (χ0n) is 19.1. The molecule has 0 saturated heterocycles. The third kappa shape index (κ3) is 5.75. The van der Waals surface area contributed by atoms with E-state index in [0.717, 1.165) is 42.5 Å². The molecule has 1 heterocycles. The monoisotopic (exact) mass is 495 g/mol. The zero-order valence-corrected chi connectivity index (χ0v) is 20.6. The van der Waals surface area contributed by atoms with Gasteiger partial charge in [-0.1, -0.05) is 24.9 Å². The molecule has 0 atom stereocenters. The van der Waals surface area contributed by atoms with Gasteiger partial charge in [0.1, 0.15) is 17.2 Å². The molecule has 0 aliphatic heterocycles. The summed E-state index contributed by atoms with van der Waals surface area (Å²) in [6, 6.07) is 20.4. The molecule has 4 aromatic rings. The van der Waals surface area contributed by atoms with Crippen LogP contribution >= 0.6 is 23.2 Å². The van der Waals surface area contributed by atoms with E-state index < -0.39 is 0 Å².